The Balaban J connectivity index is 1.77. The molecule has 0 saturated heterocycles. The average Bonchev–Trinajstić information content (AvgIpc) is 3.04. The van der Waals surface area contributed by atoms with E-state index in [2.05, 4.69) is 0 Å². The van der Waals surface area contributed by atoms with Crippen molar-refractivity contribution < 1.29 is 35.6 Å². The van der Waals surface area contributed by atoms with Gasteiger partial charge < -0.3 is 0 Å². The van der Waals surface area contributed by atoms with Crippen LogP contribution in [0.5, 0.6) is 34.5 Å². The maximum absolute atomic E-state index is 7.03. The van der Waals surface area contributed by atoms with Gasteiger partial charge in [-0.25, -0.2) is 0 Å². The first-order chi connectivity index (χ1) is 21.1. The zero-order valence-corrected chi connectivity index (χ0v) is 24.2. The van der Waals surface area contributed by atoms with E-state index in [4.69, 9.17) is 22.9 Å². The molecule has 6 nitrogen and oxygen atoms in total. The third-order valence-electron chi connectivity index (χ3n) is 5.84. The molecule has 6 aromatic carbocycles. The van der Waals surface area contributed by atoms with Crippen molar-refractivity contribution in [2.24, 2.45) is 0 Å². The molecule has 0 unspecified atom stereocenters. The quantitative estimate of drug-likeness (QED) is 0.128. The van der Waals surface area contributed by atoms with Crippen LogP contribution in [0, 0.1) is 0 Å². The molecular weight excluding hydrogens is 584 g/mol. The third-order valence-corrected chi connectivity index (χ3v) is 10.2. The molecule has 0 spiro atoms. The Morgan fingerprint density at radius 1 is 0.209 bits per heavy atom. The normalized spacial score (nSPS) is 12.6. The van der Waals surface area contributed by atoms with E-state index < -0.39 is 12.7 Å². The van der Waals surface area contributed by atoms with Crippen molar-refractivity contribution in [2.45, 2.75) is 0 Å². The van der Waals surface area contributed by atoms with Crippen LogP contribution in [-0.2, 0) is 12.7 Å². The van der Waals surface area contributed by atoms with Gasteiger partial charge in [0.15, 0.2) is 0 Å². The molecule has 6 aromatic rings. The summed E-state index contributed by atoms with van der Waals surface area (Å²) in [5.41, 5.74) is 0. The van der Waals surface area contributed by atoms with Crippen molar-refractivity contribution in [3.05, 3.63) is 182 Å². The zero-order chi connectivity index (χ0) is 29.3. The third kappa shape index (κ3) is 6.14. The van der Waals surface area contributed by atoms with E-state index in [-0.39, 0.29) is 0 Å². The topological polar surface area (TPSA) is 55.4 Å². The Labute approximate surface area is 251 Å². The van der Waals surface area contributed by atoms with E-state index in [1.807, 2.05) is 109 Å². The van der Waals surface area contributed by atoms with Crippen LogP contribution in [0.1, 0.15) is 0 Å². The second-order valence-corrected chi connectivity index (χ2v) is 13.3. The van der Waals surface area contributed by atoms with E-state index in [0.717, 1.165) is 0 Å². The maximum atomic E-state index is 7.03. The van der Waals surface area contributed by atoms with Gasteiger partial charge in [0.25, 0.3) is 0 Å². The fourth-order valence-electron chi connectivity index (χ4n) is 4.05. The molecule has 0 saturated carbocycles. The van der Waals surface area contributed by atoms with Gasteiger partial charge in [-0.15, -0.1) is 0 Å². The molecule has 0 heterocycles. The van der Waals surface area contributed by atoms with Gasteiger partial charge in [0.1, 0.15) is 0 Å². The molecule has 6 rings (SSSR count). The minimum atomic E-state index is -6.87. The van der Waals surface area contributed by atoms with Gasteiger partial charge in [-0.2, -0.15) is 0 Å². The molecule has 0 radical (unpaired) electrons. The molecule has 0 aliphatic carbocycles. The predicted octanol–water partition coefficient (Wildman–Crippen LogP) is 9.18. The van der Waals surface area contributed by atoms with Crippen molar-refractivity contribution in [3.8, 4) is 34.5 Å². The Morgan fingerprint density at radius 3 is 0.488 bits per heavy atom. The number of hydrogen-bond acceptors (Lipinski definition) is 6. The summed E-state index contributed by atoms with van der Waals surface area (Å²) in [6.45, 7) is 0. The summed E-state index contributed by atoms with van der Waals surface area (Å²) in [5.74, 6) is 1.90. The monoisotopic (exact) mass is 614 g/mol. The van der Waals surface area contributed by atoms with Crippen LogP contribution in [-0.4, -0.2) is 0 Å². The fraction of sp³-hybridized carbons (Fsp3) is 0. The molecule has 0 aromatic heterocycles. The van der Waals surface area contributed by atoms with Crippen LogP contribution < -0.4 is 22.9 Å². The summed E-state index contributed by atoms with van der Waals surface area (Å²) in [6.07, 6.45) is 0. The average molecular weight is 614 g/mol. The Kier molecular flexibility index (Phi) is 7.43. The first kappa shape index (κ1) is 27.8. The van der Waals surface area contributed by atoms with E-state index in [1.54, 1.807) is 72.8 Å². The molecule has 0 aliphatic rings. The van der Waals surface area contributed by atoms with E-state index in [9.17, 15) is 0 Å². The van der Waals surface area contributed by atoms with Gasteiger partial charge in [0, 0.05) is 0 Å². The molecule has 0 bridgehead atoms. The molecule has 0 fully saturated rings. The number of hydrogen-bond donors (Lipinski definition) is 0. The Bertz CT molecular complexity index is 1380. The van der Waals surface area contributed by atoms with Gasteiger partial charge in [-0.05, 0) is 0 Å². The van der Waals surface area contributed by atoms with Gasteiger partial charge in [0.05, 0.1) is 0 Å². The van der Waals surface area contributed by atoms with Crippen LogP contribution >= 0.6 is 0 Å². The summed E-state index contributed by atoms with van der Waals surface area (Å²) in [5, 5.41) is 0. The second kappa shape index (κ2) is 11.5. The summed E-state index contributed by atoms with van der Waals surface area (Å²) >= 11 is -6.87. The minimum absolute atomic E-state index is 0.317. The van der Waals surface area contributed by atoms with Crippen molar-refractivity contribution in [3.63, 3.8) is 0 Å². The predicted molar refractivity (Wildman–Crippen MR) is 162 cm³/mol. The van der Waals surface area contributed by atoms with Gasteiger partial charge in [0.2, 0.25) is 0 Å². The SMILES string of the molecule is c1ccc([O][Fe]([O]c2ccccc2)([O]c2ccccc2)([O]c2ccccc2)([O]c2ccccc2)[O]c2ccccc2)cc1. The van der Waals surface area contributed by atoms with Crippen LogP contribution in [0.2, 0.25) is 0 Å². The van der Waals surface area contributed by atoms with Gasteiger partial charge >= 0.3 is 252 Å². The number of rotatable bonds is 12. The van der Waals surface area contributed by atoms with E-state index in [1.165, 1.54) is 0 Å². The standard InChI is InChI=1S/6C6H6O.Fe/c6*7-6-4-2-1-3-5-6;/h6*1-5,7H;/q;;;;;;+6/p-6. The first-order valence-corrected chi connectivity index (χ1v) is 16.3. The van der Waals surface area contributed by atoms with Crippen LogP contribution in [0.25, 0.3) is 0 Å². The van der Waals surface area contributed by atoms with Crippen molar-refractivity contribution in [1.82, 2.24) is 0 Å². The zero-order valence-electron chi connectivity index (χ0n) is 23.1. The van der Waals surface area contributed by atoms with Crippen molar-refractivity contribution in [2.75, 3.05) is 0 Å². The Morgan fingerprint density at radius 2 is 0.349 bits per heavy atom. The second-order valence-electron chi connectivity index (χ2n) is 9.20. The van der Waals surface area contributed by atoms with Crippen molar-refractivity contribution in [1.29, 1.82) is 0 Å². The molecular formula is C36H30FeO6. The van der Waals surface area contributed by atoms with E-state index in [0.29, 0.717) is 34.5 Å². The Hall–Kier alpha value is -5.36. The molecule has 0 aliphatic heterocycles. The molecule has 0 amide bonds. The van der Waals surface area contributed by atoms with Crippen LogP contribution in [0.4, 0.5) is 0 Å². The summed E-state index contributed by atoms with van der Waals surface area (Å²) in [7, 11) is 0. The van der Waals surface area contributed by atoms with Crippen molar-refractivity contribution >= 4 is 0 Å². The molecule has 0 atom stereocenters. The summed E-state index contributed by atoms with van der Waals surface area (Å²) in [4.78, 5) is 0. The molecule has 0 N–H and O–H groups in total. The number of benzene rings is 6. The fourth-order valence-corrected chi connectivity index (χ4v) is 8.83. The first-order valence-electron chi connectivity index (χ1n) is 13.6. The summed E-state index contributed by atoms with van der Waals surface area (Å²) < 4.78 is 42.2. The molecule has 7 heteroatoms. The van der Waals surface area contributed by atoms with Gasteiger partial charge in [-0.1, -0.05) is 0 Å². The molecule has 43 heavy (non-hydrogen) atoms. The van der Waals surface area contributed by atoms with Crippen LogP contribution in [0.3, 0.4) is 0 Å². The van der Waals surface area contributed by atoms with E-state index >= 15 is 0 Å². The molecule has 218 valence electrons. The van der Waals surface area contributed by atoms with Gasteiger partial charge in [-0.3, -0.25) is 0 Å². The summed E-state index contributed by atoms with van der Waals surface area (Å²) in [6, 6.07) is 54.3. The number of para-hydroxylation sites is 6. The van der Waals surface area contributed by atoms with Crippen LogP contribution in [0.15, 0.2) is 182 Å².